The predicted molar refractivity (Wildman–Crippen MR) is 78.0 cm³/mol. The van der Waals surface area contributed by atoms with Gasteiger partial charge < -0.3 is 9.72 Å². The second-order valence-corrected chi connectivity index (χ2v) is 5.40. The molecule has 2 aromatic heterocycles. The SMILES string of the molecule is O=C1Cc2cc(-c3cn4cc(C(F)(F)F)ccc4n3)ccc2N1. The number of halogens is 3. The van der Waals surface area contributed by atoms with Gasteiger partial charge in [-0.3, -0.25) is 4.79 Å². The number of benzene rings is 1. The number of fused-ring (bicyclic) bond motifs is 2. The summed E-state index contributed by atoms with van der Waals surface area (Å²) in [5.74, 6) is -0.0676. The van der Waals surface area contributed by atoms with E-state index >= 15 is 0 Å². The van der Waals surface area contributed by atoms with E-state index in [0.717, 1.165) is 29.1 Å². The van der Waals surface area contributed by atoms with Gasteiger partial charge >= 0.3 is 6.18 Å². The number of amides is 1. The van der Waals surface area contributed by atoms with E-state index in [2.05, 4.69) is 10.3 Å². The van der Waals surface area contributed by atoms with Crippen LogP contribution < -0.4 is 5.32 Å². The highest BCUT2D eigenvalue weighted by molar-refractivity contribution is 5.99. The third-order valence-corrected chi connectivity index (χ3v) is 3.80. The fraction of sp³-hybridized carbons (Fsp3) is 0.125. The molecule has 0 aliphatic carbocycles. The highest BCUT2D eigenvalue weighted by Crippen LogP contribution is 2.31. The molecule has 0 unspecified atom stereocenters. The lowest BCUT2D eigenvalue weighted by Gasteiger charge is -2.05. The maximum Gasteiger partial charge on any atom is 0.417 e. The molecule has 1 N–H and O–H groups in total. The molecule has 4 nitrogen and oxygen atoms in total. The minimum atomic E-state index is -4.39. The van der Waals surface area contributed by atoms with Gasteiger partial charge in [-0.15, -0.1) is 0 Å². The molecule has 0 saturated heterocycles. The molecular formula is C16H10F3N3O. The monoisotopic (exact) mass is 317 g/mol. The van der Waals surface area contributed by atoms with Gasteiger partial charge in [-0.25, -0.2) is 4.98 Å². The summed E-state index contributed by atoms with van der Waals surface area (Å²) in [6, 6.07) is 7.75. The van der Waals surface area contributed by atoms with Crippen molar-refractivity contribution in [3.8, 4) is 11.3 Å². The van der Waals surface area contributed by atoms with E-state index in [4.69, 9.17) is 0 Å². The molecule has 0 saturated carbocycles. The molecule has 1 amide bonds. The molecule has 0 atom stereocenters. The second-order valence-electron chi connectivity index (χ2n) is 5.40. The van der Waals surface area contributed by atoms with Crippen molar-refractivity contribution in [2.24, 2.45) is 0 Å². The van der Waals surface area contributed by atoms with Crippen molar-refractivity contribution >= 4 is 17.2 Å². The van der Waals surface area contributed by atoms with Gasteiger partial charge in [-0.2, -0.15) is 13.2 Å². The largest absolute Gasteiger partial charge is 0.417 e. The number of aromatic nitrogens is 2. The number of nitrogens with one attached hydrogen (secondary N) is 1. The highest BCUT2D eigenvalue weighted by atomic mass is 19.4. The number of imidazole rings is 1. The summed E-state index contributed by atoms with van der Waals surface area (Å²) in [5.41, 5.74) is 2.66. The molecule has 1 aliphatic rings. The van der Waals surface area contributed by atoms with E-state index in [1.54, 1.807) is 18.3 Å². The van der Waals surface area contributed by atoms with Gasteiger partial charge in [0.05, 0.1) is 17.7 Å². The fourth-order valence-electron chi connectivity index (χ4n) is 2.69. The van der Waals surface area contributed by atoms with Crippen LogP contribution in [0.2, 0.25) is 0 Å². The number of alkyl halides is 3. The Morgan fingerprint density at radius 1 is 1.13 bits per heavy atom. The van der Waals surface area contributed by atoms with Crippen molar-refractivity contribution in [2.75, 3.05) is 5.32 Å². The van der Waals surface area contributed by atoms with Crippen LogP contribution in [0.4, 0.5) is 18.9 Å². The summed E-state index contributed by atoms with van der Waals surface area (Å²) < 4.78 is 39.6. The van der Waals surface area contributed by atoms with E-state index in [9.17, 15) is 18.0 Å². The molecule has 4 rings (SSSR count). The molecule has 3 aromatic rings. The van der Waals surface area contributed by atoms with E-state index < -0.39 is 11.7 Å². The second kappa shape index (κ2) is 4.58. The smallest absolute Gasteiger partial charge is 0.326 e. The Hall–Kier alpha value is -2.83. The van der Waals surface area contributed by atoms with Crippen LogP contribution in [0.5, 0.6) is 0 Å². The molecule has 0 bridgehead atoms. The quantitative estimate of drug-likeness (QED) is 0.746. The summed E-state index contributed by atoms with van der Waals surface area (Å²) in [7, 11) is 0. The van der Waals surface area contributed by atoms with Gasteiger partial charge in [0.15, 0.2) is 0 Å². The molecule has 3 heterocycles. The van der Waals surface area contributed by atoms with Crippen LogP contribution in [-0.2, 0) is 17.4 Å². The van der Waals surface area contributed by atoms with Crippen LogP contribution in [0.3, 0.4) is 0 Å². The molecule has 0 fully saturated rings. The Labute approximate surface area is 128 Å². The van der Waals surface area contributed by atoms with Gasteiger partial charge in [-0.1, -0.05) is 6.07 Å². The molecule has 7 heteroatoms. The number of rotatable bonds is 1. The van der Waals surface area contributed by atoms with E-state index in [1.807, 2.05) is 6.07 Å². The summed E-state index contributed by atoms with van der Waals surface area (Å²) in [4.78, 5) is 15.7. The van der Waals surface area contributed by atoms with Crippen molar-refractivity contribution < 1.29 is 18.0 Å². The Morgan fingerprint density at radius 3 is 2.74 bits per heavy atom. The fourth-order valence-corrected chi connectivity index (χ4v) is 2.69. The van der Waals surface area contributed by atoms with Gasteiger partial charge in [-0.05, 0) is 29.8 Å². The summed E-state index contributed by atoms with van der Waals surface area (Å²) in [6.07, 6.45) is -1.52. The predicted octanol–water partition coefficient (Wildman–Crippen LogP) is 3.51. The van der Waals surface area contributed by atoms with Crippen LogP contribution >= 0.6 is 0 Å². The molecule has 1 aliphatic heterocycles. The molecule has 116 valence electrons. The van der Waals surface area contributed by atoms with Crippen LogP contribution in [0, 0.1) is 0 Å². The van der Waals surface area contributed by atoms with Crippen LogP contribution in [0.1, 0.15) is 11.1 Å². The van der Waals surface area contributed by atoms with E-state index in [1.165, 1.54) is 10.5 Å². The summed E-state index contributed by atoms with van der Waals surface area (Å²) in [6.45, 7) is 0. The van der Waals surface area contributed by atoms with Crippen LogP contribution in [0.25, 0.3) is 16.9 Å². The van der Waals surface area contributed by atoms with Gasteiger partial charge in [0.25, 0.3) is 0 Å². The van der Waals surface area contributed by atoms with Gasteiger partial charge in [0.1, 0.15) is 5.65 Å². The lowest BCUT2D eigenvalue weighted by atomic mass is 10.1. The Morgan fingerprint density at radius 2 is 1.96 bits per heavy atom. The Kier molecular flexibility index (Phi) is 2.75. The summed E-state index contributed by atoms with van der Waals surface area (Å²) in [5, 5.41) is 2.74. The third-order valence-electron chi connectivity index (χ3n) is 3.80. The lowest BCUT2D eigenvalue weighted by Crippen LogP contribution is -2.05. The first-order valence-corrected chi connectivity index (χ1v) is 6.89. The third kappa shape index (κ3) is 2.34. The molecule has 0 spiro atoms. The number of anilines is 1. The number of carbonyl (C=O) groups excluding carboxylic acids is 1. The first-order valence-electron chi connectivity index (χ1n) is 6.89. The zero-order chi connectivity index (χ0) is 16.2. The van der Waals surface area contributed by atoms with Gasteiger partial charge in [0.2, 0.25) is 5.91 Å². The average molecular weight is 317 g/mol. The number of carbonyl (C=O) groups is 1. The van der Waals surface area contributed by atoms with Crippen LogP contribution in [0.15, 0.2) is 42.7 Å². The lowest BCUT2D eigenvalue weighted by molar-refractivity contribution is -0.137. The standard InChI is InChI=1S/C16H10F3N3O/c17-16(18,19)11-2-4-14-20-13(8-22(14)7-11)9-1-3-12-10(5-9)6-15(23)21-12/h1-5,7-8H,6H2,(H,21,23). The Bertz CT molecular complexity index is 943. The van der Waals surface area contributed by atoms with E-state index in [-0.39, 0.29) is 5.91 Å². The Balaban J connectivity index is 1.78. The maximum absolute atomic E-state index is 12.8. The maximum atomic E-state index is 12.8. The van der Waals surface area contributed by atoms with Gasteiger partial charge in [0, 0.05) is 23.6 Å². The average Bonchev–Trinajstić information content (AvgIpc) is 3.06. The molecule has 0 radical (unpaired) electrons. The molecule has 23 heavy (non-hydrogen) atoms. The van der Waals surface area contributed by atoms with Crippen molar-refractivity contribution in [3.63, 3.8) is 0 Å². The molecule has 1 aromatic carbocycles. The first-order chi connectivity index (χ1) is 10.9. The van der Waals surface area contributed by atoms with Crippen LogP contribution in [-0.4, -0.2) is 15.3 Å². The first kappa shape index (κ1) is 13.8. The normalized spacial score (nSPS) is 14.1. The minimum absolute atomic E-state index is 0.0676. The van der Waals surface area contributed by atoms with Crippen molar-refractivity contribution in [2.45, 2.75) is 12.6 Å². The highest BCUT2D eigenvalue weighted by Gasteiger charge is 2.31. The number of pyridine rings is 1. The number of hydrogen-bond acceptors (Lipinski definition) is 2. The topological polar surface area (TPSA) is 46.4 Å². The summed E-state index contributed by atoms with van der Waals surface area (Å²) >= 11 is 0. The molecular weight excluding hydrogens is 307 g/mol. The number of hydrogen-bond donors (Lipinski definition) is 1. The van der Waals surface area contributed by atoms with Crippen molar-refractivity contribution in [1.82, 2.24) is 9.38 Å². The van der Waals surface area contributed by atoms with E-state index in [0.29, 0.717) is 17.8 Å². The van der Waals surface area contributed by atoms with Crippen molar-refractivity contribution in [1.29, 1.82) is 0 Å². The number of nitrogens with zero attached hydrogens (tertiary/aromatic N) is 2. The minimum Gasteiger partial charge on any atom is -0.326 e. The zero-order valence-electron chi connectivity index (χ0n) is 11.7. The zero-order valence-corrected chi connectivity index (χ0v) is 11.7. The van der Waals surface area contributed by atoms with Crippen molar-refractivity contribution in [3.05, 3.63) is 53.9 Å².